The lowest BCUT2D eigenvalue weighted by atomic mass is 10.1. The van der Waals surface area contributed by atoms with Crippen LogP contribution < -0.4 is 15.1 Å². The van der Waals surface area contributed by atoms with Gasteiger partial charge in [0.1, 0.15) is 23.8 Å². The molecule has 0 aliphatic carbocycles. The molecule has 28 heavy (non-hydrogen) atoms. The topological polar surface area (TPSA) is 94.5 Å². The van der Waals surface area contributed by atoms with Crippen LogP contribution >= 0.6 is 0 Å². The van der Waals surface area contributed by atoms with Crippen molar-refractivity contribution in [3.8, 4) is 0 Å². The van der Waals surface area contributed by atoms with Gasteiger partial charge in [-0.2, -0.15) is 0 Å². The van der Waals surface area contributed by atoms with Crippen LogP contribution in [0, 0.1) is 5.82 Å². The molecule has 1 saturated heterocycles. The first-order chi connectivity index (χ1) is 13.4. The van der Waals surface area contributed by atoms with Gasteiger partial charge in [0.2, 0.25) is 5.91 Å². The summed E-state index contributed by atoms with van der Waals surface area (Å²) in [6, 6.07) is 3.19. The summed E-state index contributed by atoms with van der Waals surface area (Å²) in [5.41, 5.74) is 0.685. The maximum Gasteiger partial charge on any atom is 0.220 e. The van der Waals surface area contributed by atoms with Gasteiger partial charge in [-0.15, -0.1) is 0 Å². The standard InChI is InChI=1S/C19H25FN6O2/c1-25(2)17-7-18(24-12-23-17)26-11-16(27)6-15(26)10-22-19(28)4-3-13-5-14(20)9-21-8-13/h5,7-9,12,15-16,27H,3-4,6,10-11H2,1-2H3,(H,22,28)/t15-,16-/m1/s1. The predicted octanol–water partition coefficient (Wildman–Crippen LogP) is 0.765. The van der Waals surface area contributed by atoms with E-state index in [2.05, 4.69) is 20.3 Å². The van der Waals surface area contributed by atoms with E-state index in [1.54, 1.807) is 6.20 Å². The number of aromatic nitrogens is 3. The average Bonchev–Trinajstić information content (AvgIpc) is 3.05. The van der Waals surface area contributed by atoms with E-state index in [0.717, 1.165) is 17.8 Å². The van der Waals surface area contributed by atoms with Crippen LogP contribution in [0.4, 0.5) is 16.0 Å². The number of aryl methyl sites for hydroxylation is 1. The van der Waals surface area contributed by atoms with Crippen LogP contribution in [0.5, 0.6) is 0 Å². The van der Waals surface area contributed by atoms with E-state index in [0.29, 0.717) is 31.5 Å². The second kappa shape index (κ2) is 8.92. The molecule has 0 unspecified atom stereocenters. The zero-order valence-electron chi connectivity index (χ0n) is 16.0. The highest BCUT2D eigenvalue weighted by Crippen LogP contribution is 2.25. The molecule has 9 heteroatoms. The molecule has 1 amide bonds. The monoisotopic (exact) mass is 388 g/mol. The Labute approximate surface area is 163 Å². The number of carbonyl (C=O) groups excluding carboxylic acids is 1. The van der Waals surface area contributed by atoms with Gasteiger partial charge < -0.3 is 20.2 Å². The van der Waals surface area contributed by atoms with Crippen molar-refractivity contribution in [2.24, 2.45) is 0 Å². The molecule has 150 valence electrons. The summed E-state index contributed by atoms with van der Waals surface area (Å²) in [4.78, 5) is 28.4. The molecule has 8 nitrogen and oxygen atoms in total. The van der Waals surface area contributed by atoms with E-state index < -0.39 is 11.9 Å². The number of hydrogen-bond donors (Lipinski definition) is 2. The molecule has 1 aliphatic heterocycles. The summed E-state index contributed by atoms with van der Waals surface area (Å²) in [6.45, 7) is 0.859. The molecule has 2 aromatic rings. The van der Waals surface area contributed by atoms with Gasteiger partial charge in [0.25, 0.3) is 0 Å². The molecule has 0 aromatic carbocycles. The van der Waals surface area contributed by atoms with Crippen molar-refractivity contribution >= 4 is 17.5 Å². The van der Waals surface area contributed by atoms with Crippen LogP contribution in [0.15, 0.2) is 30.9 Å². The third-order valence-corrected chi connectivity index (χ3v) is 4.72. The van der Waals surface area contributed by atoms with Gasteiger partial charge in [0.15, 0.2) is 0 Å². The number of aliphatic hydroxyl groups is 1. The van der Waals surface area contributed by atoms with E-state index in [4.69, 9.17) is 0 Å². The van der Waals surface area contributed by atoms with E-state index >= 15 is 0 Å². The predicted molar refractivity (Wildman–Crippen MR) is 104 cm³/mol. The molecule has 3 heterocycles. The van der Waals surface area contributed by atoms with E-state index in [-0.39, 0.29) is 18.4 Å². The maximum atomic E-state index is 13.2. The highest BCUT2D eigenvalue weighted by Gasteiger charge is 2.32. The van der Waals surface area contributed by atoms with E-state index in [1.165, 1.54) is 12.4 Å². The number of halogens is 1. The highest BCUT2D eigenvalue weighted by molar-refractivity contribution is 5.76. The van der Waals surface area contributed by atoms with E-state index in [1.807, 2.05) is 30.0 Å². The Hall–Kier alpha value is -2.81. The van der Waals surface area contributed by atoms with Crippen molar-refractivity contribution < 1.29 is 14.3 Å². The quantitative estimate of drug-likeness (QED) is 0.723. The highest BCUT2D eigenvalue weighted by atomic mass is 19.1. The molecule has 0 spiro atoms. The Morgan fingerprint density at radius 3 is 2.93 bits per heavy atom. The van der Waals surface area contributed by atoms with Gasteiger partial charge in [0.05, 0.1) is 18.3 Å². The number of amides is 1. The average molecular weight is 388 g/mol. The summed E-state index contributed by atoms with van der Waals surface area (Å²) in [6.07, 6.45) is 4.94. The second-order valence-corrected chi connectivity index (χ2v) is 7.14. The fourth-order valence-corrected chi connectivity index (χ4v) is 3.28. The van der Waals surface area contributed by atoms with Crippen LogP contribution in [-0.4, -0.2) is 65.3 Å². The molecule has 3 rings (SSSR count). The Kier molecular flexibility index (Phi) is 6.35. The summed E-state index contributed by atoms with van der Waals surface area (Å²) in [5, 5.41) is 13.0. The lowest BCUT2D eigenvalue weighted by molar-refractivity contribution is -0.121. The van der Waals surface area contributed by atoms with Crippen LogP contribution in [0.3, 0.4) is 0 Å². The van der Waals surface area contributed by atoms with Gasteiger partial charge in [-0.25, -0.2) is 14.4 Å². The first-order valence-electron chi connectivity index (χ1n) is 9.22. The smallest absolute Gasteiger partial charge is 0.220 e. The van der Waals surface area contributed by atoms with Crippen LogP contribution in [-0.2, 0) is 11.2 Å². The number of anilines is 2. The Morgan fingerprint density at radius 2 is 2.18 bits per heavy atom. The van der Waals surface area contributed by atoms with Crippen molar-refractivity contribution in [3.63, 3.8) is 0 Å². The number of nitrogens with zero attached hydrogens (tertiary/aromatic N) is 5. The van der Waals surface area contributed by atoms with Gasteiger partial charge >= 0.3 is 0 Å². The number of pyridine rings is 1. The van der Waals surface area contributed by atoms with Crippen molar-refractivity contribution in [1.82, 2.24) is 20.3 Å². The number of carbonyl (C=O) groups is 1. The molecule has 0 bridgehead atoms. The second-order valence-electron chi connectivity index (χ2n) is 7.14. The number of β-amino-alcohol motifs (C(OH)–C–C–N with tert-alkyl or cyclic N) is 1. The Bertz CT molecular complexity index is 819. The zero-order valence-corrected chi connectivity index (χ0v) is 16.0. The van der Waals surface area contributed by atoms with Gasteiger partial charge in [-0.1, -0.05) is 0 Å². The fourth-order valence-electron chi connectivity index (χ4n) is 3.28. The number of rotatable bonds is 7. The van der Waals surface area contributed by atoms with Gasteiger partial charge in [0, 0.05) is 45.9 Å². The molecular formula is C19H25FN6O2. The molecule has 0 radical (unpaired) electrons. The third-order valence-electron chi connectivity index (χ3n) is 4.72. The van der Waals surface area contributed by atoms with Crippen molar-refractivity contribution in [1.29, 1.82) is 0 Å². The van der Waals surface area contributed by atoms with Crippen molar-refractivity contribution in [2.45, 2.75) is 31.4 Å². The van der Waals surface area contributed by atoms with E-state index in [9.17, 15) is 14.3 Å². The summed E-state index contributed by atoms with van der Waals surface area (Å²) in [7, 11) is 3.80. The number of nitrogens with one attached hydrogen (secondary N) is 1. The molecule has 2 N–H and O–H groups in total. The molecule has 1 aliphatic rings. The van der Waals surface area contributed by atoms with Gasteiger partial charge in [-0.05, 0) is 24.5 Å². The first kappa shape index (κ1) is 19.9. The lowest BCUT2D eigenvalue weighted by Crippen LogP contribution is -2.40. The molecule has 0 saturated carbocycles. The minimum Gasteiger partial charge on any atom is -0.391 e. The van der Waals surface area contributed by atoms with Crippen LogP contribution in [0.1, 0.15) is 18.4 Å². The number of hydrogen-bond acceptors (Lipinski definition) is 7. The first-order valence-corrected chi connectivity index (χ1v) is 9.22. The molecule has 2 aromatic heterocycles. The third kappa shape index (κ3) is 5.13. The van der Waals surface area contributed by atoms with Crippen LogP contribution in [0.2, 0.25) is 0 Å². The summed E-state index contributed by atoms with van der Waals surface area (Å²) >= 11 is 0. The SMILES string of the molecule is CN(C)c1cc(N2C[C@H](O)C[C@@H]2CNC(=O)CCc2cncc(F)c2)ncn1. The maximum absolute atomic E-state index is 13.2. The van der Waals surface area contributed by atoms with Crippen LogP contribution in [0.25, 0.3) is 0 Å². The molecule has 1 fully saturated rings. The zero-order chi connectivity index (χ0) is 20.1. The minimum absolute atomic E-state index is 0.0558. The Morgan fingerprint density at radius 1 is 1.36 bits per heavy atom. The van der Waals surface area contributed by atoms with Crippen molar-refractivity contribution in [2.75, 3.05) is 37.0 Å². The summed E-state index contributed by atoms with van der Waals surface area (Å²) < 4.78 is 13.2. The number of aliphatic hydroxyl groups excluding tert-OH is 1. The summed E-state index contributed by atoms with van der Waals surface area (Å²) in [5.74, 6) is 0.968. The molecule has 2 atom stereocenters. The van der Waals surface area contributed by atoms with Gasteiger partial charge in [-0.3, -0.25) is 9.78 Å². The normalized spacial score (nSPS) is 18.9. The fraction of sp³-hybridized carbons (Fsp3) is 0.474. The largest absolute Gasteiger partial charge is 0.391 e. The lowest BCUT2D eigenvalue weighted by Gasteiger charge is -2.26. The Balaban J connectivity index is 1.56. The van der Waals surface area contributed by atoms with Crippen molar-refractivity contribution in [3.05, 3.63) is 42.2 Å². The molecular weight excluding hydrogens is 363 g/mol. The minimum atomic E-state index is -0.474.